The molecule has 0 aliphatic heterocycles. The van der Waals surface area contributed by atoms with Crippen molar-refractivity contribution in [2.45, 2.75) is 46.1 Å². The van der Waals surface area contributed by atoms with Gasteiger partial charge in [-0.3, -0.25) is 4.79 Å². The van der Waals surface area contributed by atoms with Crippen molar-refractivity contribution >= 4 is 22.6 Å². The molecule has 1 aromatic heterocycles. The number of benzene rings is 1. The van der Waals surface area contributed by atoms with Gasteiger partial charge in [0.25, 0.3) is 0 Å². The molecule has 0 aliphatic carbocycles. The Hall–Kier alpha value is -2.04. The van der Waals surface area contributed by atoms with E-state index in [0.717, 1.165) is 23.3 Å². The molecule has 114 valence electrons. The smallest absolute Gasteiger partial charge is 0.242 e. The van der Waals surface area contributed by atoms with Crippen molar-refractivity contribution in [2.24, 2.45) is 0 Å². The van der Waals surface area contributed by atoms with Crippen molar-refractivity contribution < 1.29 is 4.79 Å². The minimum Gasteiger partial charge on any atom is -0.399 e. The van der Waals surface area contributed by atoms with E-state index in [1.165, 1.54) is 0 Å². The van der Waals surface area contributed by atoms with Crippen molar-refractivity contribution in [1.29, 1.82) is 0 Å². The Kier molecular flexibility index (Phi) is 4.50. The van der Waals surface area contributed by atoms with E-state index in [1.807, 2.05) is 36.6 Å². The highest BCUT2D eigenvalue weighted by Crippen LogP contribution is 2.27. The third-order valence-electron chi connectivity index (χ3n) is 3.57. The molecule has 1 atom stereocenters. The average molecular weight is 288 g/mol. The second kappa shape index (κ2) is 6.16. The van der Waals surface area contributed by atoms with E-state index in [4.69, 9.17) is 5.73 Å². The fraction of sp³-hybridized carbons (Fsp3) is 0.500. The average Bonchev–Trinajstić information content (AvgIpc) is 2.82. The number of anilines is 1. The molecular weight excluding hydrogens is 264 g/mol. The van der Waals surface area contributed by atoms with Gasteiger partial charge in [-0.15, -0.1) is 0 Å². The van der Waals surface area contributed by atoms with Crippen LogP contribution in [0.4, 0.5) is 5.69 Å². The predicted octanol–water partition coefficient (Wildman–Crippen LogP) is 2.83. The molecular formula is C16H24N4O. The zero-order valence-electron chi connectivity index (χ0n) is 13.2. The van der Waals surface area contributed by atoms with Gasteiger partial charge in [0.15, 0.2) is 0 Å². The first-order chi connectivity index (χ1) is 9.95. The van der Waals surface area contributed by atoms with Crippen molar-refractivity contribution in [3.8, 4) is 0 Å². The Morgan fingerprint density at radius 2 is 2.10 bits per heavy atom. The maximum atomic E-state index is 12.3. The number of carbonyl (C=O) groups is 1. The Balaban J connectivity index is 2.49. The molecule has 0 spiro atoms. The summed E-state index contributed by atoms with van der Waals surface area (Å²) in [6, 6.07) is 5.35. The van der Waals surface area contributed by atoms with Crippen molar-refractivity contribution in [2.75, 3.05) is 12.3 Å². The lowest BCUT2D eigenvalue weighted by molar-refractivity contribution is -0.123. The Bertz CT molecular complexity index is 645. The molecule has 2 rings (SSSR count). The normalized spacial score (nSPS) is 12.8. The lowest BCUT2D eigenvalue weighted by Gasteiger charge is -2.18. The van der Waals surface area contributed by atoms with Gasteiger partial charge in [-0.1, -0.05) is 20.8 Å². The number of hydrogen-bond acceptors (Lipinski definition) is 3. The largest absolute Gasteiger partial charge is 0.399 e. The monoisotopic (exact) mass is 288 g/mol. The Morgan fingerprint density at radius 1 is 1.38 bits per heavy atom. The van der Waals surface area contributed by atoms with Gasteiger partial charge in [0, 0.05) is 18.2 Å². The number of aromatic nitrogens is 2. The summed E-state index contributed by atoms with van der Waals surface area (Å²) in [4.78, 5) is 17.0. The number of nitrogen functional groups attached to an aromatic ring is 1. The van der Waals surface area contributed by atoms with Gasteiger partial charge in [-0.05, 0) is 31.5 Å². The summed E-state index contributed by atoms with van der Waals surface area (Å²) in [5.41, 5.74) is 8.31. The summed E-state index contributed by atoms with van der Waals surface area (Å²) in [6.45, 7) is 8.81. The number of nitrogens with zero attached hydrogens (tertiary/aromatic N) is 2. The summed E-state index contributed by atoms with van der Waals surface area (Å²) in [5.74, 6) is 1.17. The molecule has 1 unspecified atom stereocenters. The first kappa shape index (κ1) is 15.4. The van der Waals surface area contributed by atoms with E-state index < -0.39 is 0 Å². The quantitative estimate of drug-likeness (QED) is 0.831. The zero-order valence-corrected chi connectivity index (χ0v) is 13.2. The first-order valence-electron chi connectivity index (χ1n) is 7.50. The number of rotatable bonds is 5. The van der Waals surface area contributed by atoms with Crippen molar-refractivity contribution in [3.05, 3.63) is 24.0 Å². The summed E-state index contributed by atoms with van der Waals surface area (Å²) in [6.07, 6.45) is 0.927. The fourth-order valence-corrected chi connectivity index (χ4v) is 2.46. The van der Waals surface area contributed by atoms with Crippen LogP contribution in [0.5, 0.6) is 0 Å². The number of imidazole rings is 1. The molecule has 1 aromatic carbocycles. The van der Waals surface area contributed by atoms with Gasteiger partial charge in [-0.25, -0.2) is 4.98 Å². The third kappa shape index (κ3) is 3.01. The molecule has 5 nitrogen and oxygen atoms in total. The molecule has 3 N–H and O–H groups in total. The van der Waals surface area contributed by atoms with Crippen molar-refractivity contribution in [1.82, 2.24) is 14.9 Å². The van der Waals surface area contributed by atoms with Gasteiger partial charge in [-0.2, -0.15) is 0 Å². The predicted molar refractivity (Wildman–Crippen MR) is 86.2 cm³/mol. The minimum atomic E-state index is -0.289. The second-order valence-corrected chi connectivity index (χ2v) is 5.71. The molecule has 1 amide bonds. The molecule has 2 aromatic rings. The van der Waals surface area contributed by atoms with E-state index in [2.05, 4.69) is 24.1 Å². The Morgan fingerprint density at radius 3 is 2.71 bits per heavy atom. The van der Waals surface area contributed by atoms with Crippen LogP contribution in [0.25, 0.3) is 11.0 Å². The molecule has 1 heterocycles. The summed E-state index contributed by atoms with van der Waals surface area (Å²) in [5, 5.41) is 2.95. The molecule has 5 heteroatoms. The lowest BCUT2D eigenvalue weighted by atomic mass is 10.2. The number of fused-ring (bicyclic) bond motifs is 1. The summed E-state index contributed by atoms with van der Waals surface area (Å²) in [7, 11) is 0. The fourth-order valence-electron chi connectivity index (χ4n) is 2.46. The van der Waals surface area contributed by atoms with E-state index in [0.29, 0.717) is 12.2 Å². The van der Waals surface area contributed by atoms with Gasteiger partial charge >= 0.3 is 0 Å². The summed E-state index contributed by atoms with van der Waals surface area (Å²) >= 11 is 0. The number of nitrogens with two attached hydrogens (primary N) is 1. The topological polar surface area (TPSA) is 72.9 Å². The number of hydrogen-bond donors (Lipinski definition) is 2. The van der Waals surface area contributed by atoms with Crippen LogP contribution in [-0.2, 0) is 4.79 Å². The standard InChI is InChI=1S/C16H24N4O/c1-5-8-18-16(21)11(4)20-14-7-6-12(17)9-13(14)19-15(20)10(2)3/h6-7,9-11H,5,8,17H2,1-4H3,(H,18,21). The highest BCUT2D eigenvalue weighted by Gasteiger charge is 2.22. The van der Waals surface area contributed by atoms with Crippen LogP contribution in [0.2, 0.25) is 0 Å². The number of amides is 1. The van der Waals surface area contributed by atoms with Crippen LogP contribution >= 0.6 is 0 Å². The Labute approximate surface area is 125 Å². The molecule has 21 heavy (non-hydrogen) atoms. The number of carbonyl (C=O) groups excluding carboxylic acids is 1. The maximum absolute atomic E-state index is 12.3. The SMILES string of the molecule is CCCNC(=O)C(C)n1c(C(C)C)nc2cc(N)ccc21. The molecule has 0 aliphatic rings. The van der Waals surface area contributed by atoms with Gasteiger partial charge in [0.1, 0.15) is 11.9 Å². The van der Waals surface area contributed by atoms with Crippen LogP contribution in [-0.4, -0.2) is 22.0 Å². The minimum absolute atomic E-state index is 0.0230. The number of nitrogens with one attached hydrogen (secondary N) is 1. The third-order valence-corrected chi connectivity index (χ3v) is 3.57. The highest BCUT2D eigenvalue weighted by molar-refractivity contribution is 5.85. The highest BCUT2D eigenvalue weighted by atomic mass is 16.2. The van der Waals surface area contributed by atoms with Gasteiger partial charge < -0.3 is 15.6 Å². The second-order valence-electron chi connectivity index (χ2n) is 5.71. The van der Waals surface area contributed by atoms with Gasteiger partial charge in [0.2, 0.25) is 5.91 Å². The zero-order chi connectivity index (χ0) is 15.6. The summed E-state index contributed by atoms with van der Waals surface area (Å²) < 4.78 is 2.02. The van der Waals surface area contributed by atoms with E-state index in [-0.39, 0.29) is 17.9 Å². The van der Waals surface area contributed by atoms with Crippen LogP contribution in [0, 0.1) is 0 Å². The lowest BCUT2D eigenvalue weighted by Crippen LogP contribution is -2.32. The van der Waals surface area contributed by atoms with Crippen LogP contribution in [0.1, 0.15) is 51.9 Å². The van der Waals surface area contributed by atoms with E-state index in [9.17, 15) is 4.79 Å². The van der Waals surface area contributed by atoms with E-state index in [1.54, 1.807) is 0 Å². The van der Waals surface area contributed by atoms with Crippen LogP contribution in [0.3, 0.4) is 0 Å². The molecule has 0 saturated heterocycles. The van der Waals surface area contributed by atoms with Crippen molar-refractivity contribution in [3.63, 3.8) is 0 Å². The maximum Gasteiger partial charge on any atom is 0.242 e. The van der Waals surface area contributed by atoms with Gasteiger partial charge in [0.05, 0.1) is 11.0 Å². The first-order valence-corrected chi connectivity index (χ1v) is 7.50. The molecule has 0 saturated carbocycles. The molecule has 0 bridgehead atoms. The van der Waals surface area contributed by atoms with Crippen LogP contribution < -0.4 is 11.1 Å². The molecule has 0 fully saturated rings. The van der Waals surface area contributed by atoms with E-state index >= 15 is 0 Å². The van der Waals surface area contributed by atoms with Crippen LogP contribution in [0.15, 0.2) is 18.2 Å². The molecule has 0 radical (unpaired) electrons.